The van der Waals surface area contributed by atoms with Crippen LogP contribution in [0.3, 0.4) is 0 Å². The second-order valence-corrected chi connectivity index (χ2v) is 3.45. The number of oxazole rings is 1. The predicted octanol–water partition coefficient (Wildman–Crippen LogP) is 2.52. The number of rotatable bonds is 2. The largest absolute Gasteiger partial charge is 0.451 e. The number of nitrogens with zero attached hydrogens (tertiary/aromatic N) is 2. The van der Waals surface area contributed by atoms with E-state index >= 15 is 0 Å². The lowest BCUT2D eigenvalue weighted by Gasteiger charge is -2.01. The molecule has 88 valence electrons. The molecule has 0 radical (unpaired) electrons. The fourth-order valence-corrected chi connectivity index (χ4v) is 1.33. The molecule has 1 aromatic heterocycles. The summed E-state index contributed by atoms with van der Waals surface area (Å²) < 4.78 is 17.7. The summed E-state index contributed by atoms with van der Waals surface area (Å²) in [5.74, 6) is -0.466. The maximum Gasteiger partial charge on any atom is 0.181 e. The van der Waals surface area contributed by atoms with Crippen molar-refractivity contribution in [3.05, 3.63) is 47.4 Å². The van der Waals surface area contributed by atoms with Crippen molar-refractivity contribution in [2.24, 2.45) is 4.99 Å². The highest BCUT2D eigenvalue weighted by Crippen LogP contribution is 2.21. The van der Waals surface area contributed by atoms with Crippen LogP contribution in [-0.4, -0.2) is 16.0 Å². The molecule has 1 heterocycles. The lowest BCUT2D eigenvalue weighted by molar-refractivity contribution is 0.235. The van der Waals surface area contributed by atoms with Gasteiger partial charge in [0.25, 0.3) is 0 Å². The van der Waals surface area contributed by atoms with Crippen molar-refractivity contribution in [3.63, 3.8) is 0 Å². The molecule has 2 rings (SSSR count). The first-order chi connectivity index (χ1) is 8.20. The van der Waals surface area contributed by atoms with Crippen LogP contribution in [0.2, 0.25) is 5.02 Å². The predicted molar refractivity (Wildman–Crippen MR) is 59.0 cm³/mol. The SMILES string of the molecule is ONC(=Nc1ccc(F)c(Cl)c1)c1cocn1. The molecule has 2 N–H and O–H groups in total. The standard InChI is InChI=1S/C10H7ClFN3O2/c11-7-3-6(1-2-8(7)12)14-10(15-16)9-4-17-5-13-9/h1-5,16H,(H,14,15). The first-order valence-electron chi connectivity index (χ1n) is 4.53. The van der Waals surface area contributed by atoms with E-state index < -0.39 is 5.82 Å². The average molecular weight is 256 g/mol. The zero-order chi connectivity index (χ0) is 12.3. The number of amidine groups is 1. The topological polar surface area (TPSA) is 70.7 Å². The van der Waals surface area contributed by atoms with E-state index in [4.69, 9.17) is 21.2 Å². The monoisotopic (exact) mass is 255 g/mol. The number of nitrogens with one attached hydrogen (secondary N) is 1. The second-order valence-electron chi connectivity index (χ2n) is 3.04. The minimum absolute atomic E-state index is 0.0521. The molecule has 0 bridgehead atoms. The number of aliphatic imine (C=N–C) groups is 1. The summed E-state index contributed by atoms with van der Waals surface area (Å²) >= 11 is 5.60. The summed E-state index contributed by atoms with van der Waals surface area (Å²) in [4.78, 5) is 7.80. The third-order valence-corrected chi connectivity index (χ3v) is 2.21. The first-order valence-corrected chi connectivity index (χ1v) is 4.91. The molecular formula is C10H7ClFN3O2. The number of halogens is 2. The van der Waals surface area contributed by atoms with Gasteiger partial charge >= 0.3 is 0 Å². The van der Waals surface area contributed by atoms with Gasteiger partial charge in [0.15, 0.2) is 12.2 Å². The van der Waals surface area contributed by atoms with Crippen molar-refractivity contribution in [1.29, 1.82) is 0 Å². The summed E-state index contributed by atoms with van der Waals surface area (Å²) in [5.41, 5.74) is 2.56. The van der Waals surface area contributed by atoms with Crippen LogP contribution in [0.25, 0.3) is 0 Å². The molecule has 2 aromatic rings. The highest BCUT2D eigenvalue weighted by molar-refractivity contribution is 6.31. The molecule has 0 unspecified atom stereocenters. The van der Waals surface area contributed by atoms with Crippen LogP contribution in [-0.2, 0) is 0 Å². The van der Waals surface area contributed by atoms with Crippen molar-refractivity contribution in [2.45, 2.75) is 0 Å². The van der Waals surface area contributed by atoms with Gasteiger partial charge in [0.2, 0.25) is 0 Å². The van der Waals surface area contributed by atoms with Crippen LogP contribution in [0, 0.1) is 5.82 Å². The molecule has 0 saturated heterocycles. The highest BCUT2D eigenvalue weighted by atomic mass is 35.5. The number of hydrogen-bond donors (Lipinski definition) is 2. The van der Waals surface area contributed by atoms with Gasteiger partial charge in [-0.05, 0) is 18.2 Å². The summed E-state index contributed by atoms with van der Waals surface area (Å²) in [7, 11) is 0. The highest BCUT2D eigenvalue weighted by Gasteiger charge is 2.06. The van der Waals surface area contributed by atoms with E-state index in [1.807, 2.05) is 5.48 Å². The molecule has 17 heavy (non-hydrogen) atoms. The van der Waals surface area contributed by atoms with Crippen LogP contribution in [0.5, 0.6) is 0 Å². The number of hydrogen-bond acceptors (Lipinski definition) is 4. The van der Waals surface area contributed by atoms with E-state index in [1.165, 1.54) is 30.9 Å². The molecule has 0 amide bonds. The number of hydroxylamine groups is 1. The Labute approximate surface area is 101 Å². The summed E-state index contributed by atoms with van der Waals surface area (Å²) in [6, 6.07) is 3.92. The number of benzene rings is 1. The van der Waals surface area contributed by atoms with E-state index in [-0.39, 0.29) is 10.9 Å². The van der Waals surface area contributed by atoms with Crippen LogP contribution in [0.4, 0.5) is 10.1 Å². The maximum atomic E-state index is 12.9. The van der Waals surface area contributed by atoms with Crippen LogP contribution in [0.15, 0.2) is 40.3 Å². The smallest absolute Gasteiger partial charge is 0.181 e. The lowest BCUT2D eigenvalue weighted by atomic mass is 10.3. The Balaban J connectivity index is 2.36. The molecule has 0 aliphatic heterocycles. The van der Waals surface area contributed by atoms with E-state index in [2.05, 4.69) is 9.98 Å². The summed E-state index contributed by atoms with van der Waals surface area (Å²) in [6.07, 6.45) is 2.49. The molecule has 1 aromatic carbocycles. The Morgan fingerprint density at radius 1 is 1.53 bits per heavy atom. The second kappa shape index (κ2) is 4.94. The molecule has 0 aliphatic carbocycles. The number of aromatic nitrogens is 1. The molecule has 0 saturated carbocycles. The van der Waals surface area contributed by atoms with Gasteiger partial charge in [0.05, 0.1) is 10.7 Å². The first kappa shape index (κ1) is 11.6. The van der Waals surface area contributed by atoms with Crippen molar-refractivity contribution in [3.8, 4) is 0 Å². The molecule has 0 aliphatic rings. The minimum Gasteiger partial charge on any atom is -0.451 e. The Kier molecular flexibility index (Phi) is 3.36. The third kappa shape index (κ3) is 2.61. The van der Waals surface area contributed by atoms with Crippen molar-refractivity contribution >= 4 is 23.1 Å². The van der Waals surface area contributed by atoms with Crippen LogP contribution < -0.4 is 5.48 Å². The molecular weight excluding hydrogens is 249 g/mol. The average Bonchev–Trinajstić information content (AvgIpc) is 2.84. The minimum atomic E-state index is -0.537. The van der Waals surface area contributed by atoms with Gasteiger partial charge in [0, 0.05) is 0 Å². The third-order valence-electron chi connectivity index (χ3n) is 1.92. The van der Waals surface area contributed by atoms with Gasteiger partial charge in [0.1, 0.15) is 17.8 Å². The molecule has 0 fully saturated rings. The van der Waals surface area contributed by atoms with E-state index in [9.17, 15) is 4.39 Å². The molecule has 7 heteroatoms. The maximum absolute atomic E-state index is 12.9. The Morgan fingerprint density at radius 3 is 2.94 bits per heavy atom. The van der Waals surface area contributed by atoms with Crippen molar-refractivity contribution in [2.75, 3.05) is 0 Å². The van der Waals surface area contributed by atoms with E-state index in [1.54, 1.807) is 0 Å². The fraction of sp³-hybridized carbons (Fsp3) is 0. The van der Waals surface area contributed by atoms with Crippen molar-refractivity contribution < 1.29 is 14.0 Å². The molecule has 0 atom stereocenters. The van der Waals surface area contributed by atoms with Gasteiger partial charge < -0.3 is 4.42 Å². The van der Waals surface area contributed by atoms with Gasteiger partial charge in [-0.25, -0.2) is 14.4 Å². The molecule has 5 nitrogen and oxygen atoms in total. The van der Waals surface area contributed by atoms with Crippen LogP contribution >= 0.6 is 11.6 Å². The normalized spacial score (nSPS) is 11.6. The van der Waals surface area contributed by atoms with E-state index in [0.29, 0.717) is 11.4 Å². The summed E-state index contributed by atoms with van der Waals surface area (Å²) in [5, 5.41) is 8.86. The van der Waals surface area contributed by atoms with E-state index in [0.717, 1.165) is 0 Å². The Bertz CT molecular complexity index is 542. The van der Waals surface area contributed by atoms with Gasteiger partial charge in [-0.2, -0.15) is 0 Å². The van der Waals surface area contributed by atoms with Crippen molar-refractivity contribution in [1.82, 2.24) is 10.5 Å². The lowest BCUT2D eigenvalue weighted by Crippen LogP contribution is -2.20. The molecule has 0 spiro atoms. The Hall–Kier alpha value is -1.92. The zero-order valence-electron chi connectivity index (χ0n) is 8.39. The fourth-order valence-electron chi connectivity index (χ4n) is 1.15. The van der Waals surface area contributed by atoms with Gasteiger partial charge in [-0.3, -0.25) is 10.7 Å². The van der Waals surface area contributed by atoms with Crippen LogP contribution in [0.1, 0.15) is 5.69 Å². The van der Waals surface area contributed by atoms with Gasteiger partial charge in [-0.1, -0.05) is 11.6 Å². The van der Waals surface area contributed by atoms with Gasteiger partial charge in [-0.15, -0.1) is 0 Å². The quantitative estimate of drug-likeness (QED) is 0.491. The Morgan fingerprint density at radius 2 is 2.35 bits per heavy atom. The zero-order valence-corrected chi connectivity index (χ0v) is 9.15. The summed E-state index contributed by atoms with van der Waals surface area (Å²) in [6.45, 7) is 0.